The van der Waals surface area contributed by atoms with Gasteiger partial charge in [-0.05, 0) is 0 Å². The number of non-ortho nitro benzene ring substituents is 1. The Hall–Kier alpha value is -2.76. The highest BCUT2D eigenvalue weighted by Gasteiger charge is 2.30. The average Bonchev–Trinajstić information content (AvgIpc) is 2.17. The molecule has 0 saturated heterocycles. The topological polar surface area (TPSA) is 135 Å². The molecule has 0 aliphatic heterocycles. The summed E-state index contributed by atoms with van der Waals surface area (Å²) in [4.78, 5) is 21.3. The summed E-state index contributed by atoms with van der Waals surface area (Å²) in [6.45, 7) is 0. The molecule has 0 heterocycles. The van der Waals surface area contributed by atoms with Crippen LogP contribution in [0.2, 0.25) is 0 Å². The van der Waals surface area contributed by atoms with Crippen LogP contribution in [0.25, 0.3) is 4.98 Å². The van der Waals surface area contributed by atoms with Crippen molar-refractivity contribution in [2.75, 3.05) is 0 Å². The van der Waals surface area contributed by atoms with Crippen molar-refractivity contribution in [1.82, 2.24) is 0 Å². The number of phenols is 1. The van der Waals surface area contributed by atoms with E-state index in [1.165, 1.54) is 0 Å². The van der Waals surface area contributed by atoms with Crippen molar-refractivity contribution in [2.24, 2.45) is 0 Å². The van der Waals surface area contributed by atoms with E-state index >= 15 is 0 Å². The normalized spacial score (nSPS) is 9.27. The second-order valence-corrected chi connectivity index (χ2v) is 2.45. The first kappa shape index (κ1) is 10.3. The van der Waals surface area contributed by atoms with E-state index in [0.717, 1.165) is 0 Å². The predicted octanol–water partition coefficient (Wildman–Crippen LogP) is 1.69. The fourth-order valence-electron chi connectivity index (χ4n) is 0.911. The maximum atomic E-state index is 10.4. The standard InChI is InChI=1S/C6H2N4O5/c7-8-4-1-3(9(12)13)2-5(6(4)11)10(14)15/h1-2H/p+1. The molecule has 0 aliphatic rings. The van der Waals surface area contributed by atoms with Crippen LogP contribution in [-0.2, 0) is 0 Å². The van der Waals surface area contributed by atoms with Crippen LogP contribution in [0.5, 0.6) is 5.75 Å². The van der Waals surface area contributed by atoms with Gasteiger partial charge in [0.25, 0.3) is 11.4 Å². The Morgan fingerprint density at radius 3 is 2.27 bits per heavy atom. The molecule has 0 fully saturated rings. The van der Waals surface area contributed by atoms with E-state index in [9.17, 15) is 20.2 Å². The quantitative estimate of drug-likeness (QED) is 0.449. The van der Waals surface area contributed by atoms with Crippen LogP contribution in [0.3, 0.4) is 0 Å². The van der Waals surface area contributed by atoms with Gasteiger partial charge >= 0.3 is 11.4 Å². The SMILES string of the molecule is N#[N+]c1cc([N+](=O)[O-])cc([N+](=O)[O-])c1O. The lowest BCUT2D eigenvalue weighted by molar-refractivity contribution is -0.394. The van der Waals surface area contributed by atoms with Crippen molar-refractivity contribution < 1.29 is 15.0 Å². The van der Waals surface area contributed by atoms with Crippen LogP contribution in [-0.4, -0.2) is 15.0 Å². The summed E-state index contributed by atoms with van der Waals surface area (Å²) in [5, 5.41) is 38.2. The molecule has 9 heteroatoms. The predicted molar refractivity (Wildman–Crippen MR) is 46.2 cm³/mol. The second kappa shape index (κ2) is 3.54. The minimum absolute atomic E-state index is 0.573. The third-order valence-electron chi connectivity index (χ3n) is 1.57. The minimum Gasteiger partial charge on any atom is -0.496 e. The second-order valence-electron chi connectivity index (χ2n) is 2.45. The van der Waals surface area contributed by atoms with Gasteiger partial charge in [0, 0.05) is 0 Å². The number of hydrogen-bond acceptors (Lipinski definition) is 6. The highest BCUT2D eigenvalue weighted by Crippen LogP contribution is 2.39. The molecule has 1 aromatic carbocycles. The van der Waals surface area contributed by atoms with E-state index in [0.29, 0.717) is 12.1 Å². The van der Waals surface area contributed by atoms with E-state index in [-0.39, 0.29) is 0 Å². The van der Waals surface area contributed by atoms with Gasteiger partial charge in [-0.2, -0.15) is 0 Å². The number of aromatic hydroxyl groups is 1. The van der Waals surface area contributed by atoms with E-state index in [1.54, 1.807) is 0 Å². The molecule has 1 N–H and O–H groups in total. The van der Waals surface area contributed by atoms with E-state index in [1.807, 2.05) is 0 Å². The molecule has 0 amide bonds. The van der Waals surface area contributed by atoms with Crippen LogP contribution >= 0.6 is 0 Å². The van der Waals surface area contributed by atoms with Crippen molar-refractivity contribution in [3.63, 3.8) is 0 Å². The number of hydrogen-bond donors (Lipinski definition) is 1. The molecule has 0 saturated carbocycles. The van der Waals surface area contributed by atoms with Crippen molar-refractivity contribution in [2.45, 2.75) is 0 Å². The first-order chi connectivity index (χ1) is 6.97. The van der Waals surface area contributed by atoms with Crippen LogP contribution in [0, 0.1) is 25.6 Å². The largest absolute Gasteiger partial charge is 0.496 e. The summed E-state index contributed by atoms with van der Waals surface area (Å²) in [7, 11) is 0. The van der Waals surface area contributed by atoms with Gasteiger partial charge in [0.2, 0.25) is 5.39 Å². The molecule has 0 unspecified atom stereocenters. The minimum atomic E-state index is -1.02. The van der Waals surface area contributed by atoms with E-state index in [2.05, 4.69) is 4.98 Å². The Kier molecular flexibility index (Phi) is 2.44. The number of phenolic OH excluding ortho intramolecular Hbond substituents is 1. The molecule has 0 aliphatic carbocycles. The fraction of sp³-hybridized carbons (Fsp3) is 0. The van der Waals surface area contributed by atoms with Crippen molar-refractivity contribution in [1.29, 1.82) is 5.39 Å². The summed E-state index contributed by atoms with van der Waals surface area (Å²) in [6, 6.07) is 1.28. The number of diazo groups is 1. The highest BCUT2D eigenvalue weighted by molar-refractivity contribution is 5.70. The van der Waals surface area contributed by atoms with Crippen LogP contribution < -0.4 is 0 Å². The third-order valence-corrected chi connectivity index (χ3v) is 1.57. The monoisotopic (exact) mass is 211 g/mol. The average molecular weight is 211 g/mol. The Morgan fingerprint density at radius 2 is 1.87 bits per heavy atom. The Balaban J connectivity index is 3.54. The number of rotatable bonds is 2. The van der Waals surface area contributed by atoms with Gasteiger partial charge in [-0.1, -0.05) is 0 Å². The van der Waals surface area contributed by atoms with Gasteiger partial charge in [-0.3, -0.25) is 20.2 Å². The molecule has 0 aromatic heterocycles. The zero-order valence-corrected chi connectivity index (χ0v) is 7.02. The fourth-order valence-corrected chi connectivity index (χ4v) is 0.911. The van der Waals surface area contributed by atoms with E-state index in [4.69, 9.17) is 10.5 Å². The summed E-state index contributed by atoms with van der Waals surface area (Å²) in [5.74, 6) is -0.923. The molecule has 0 spiro atoms. The highest BCUT2D eigenvalue weighted by atomic mass is 16.6. The van der Waals surface area contributed by atoms with Gasteiger partial charge in [-0.15, -0.1) is 0 Å². The molecule has 15 heavy (non-hydrogen) atoms. The van der Waals surface area contributed by atoms with Crippen LogP contribution in [0.4, 0.5) is 17.1 Å². The Morgan fingerprint density at radius 1 is 1.27 bits per heavy atom. The molecule has 0 atom stereocenters. The zero-order chi connectivity index (χ0) is 11.6. The molecule has 1 aromatic rings. The number of nitrogens with zero attached hydrogens (tertiary/aromatic N) is 4. The van der Waals surface area contributed by atoms with E-state index < -0.39 is 32.7 Å². The summed E-state index contributed by atoms with van der Waals surface area (Å²) >= 11 is 0. The molecule has 76 valence electrons. The molecule has 0 radical (unpaired) electrons. The zero-order valence-electron chi connectivity index (χ0n) is 7.02. The smallest absolute Gasteiger partial charge is 0.440 e. The lowest BCUT2D eigenvalue weighted by Crippen LogP contribution is -1.92. The Bertz CT molecular complexity index is 491. The van der Waals surface area contributed by atoms with Crippen molar-refractivity contribution in [3.05, 3.63) is 37.3 Å². The molecule has 1 rings (SSSR count). The van der Waals surface area contributed by atoms with Gasteiger partial charge < -0.3 is 5.11 Å². The molecule has 0 bridgehead atoms. The molecule has 9 nitrogen and oxygen atoms in total. The van der Waals surface area contributed by atoms with Gasteiger partial charge in [0.15, 0.2) is 4.98 Å². The lowest BCUT2D eigenvalue weighted by atomic mass is 10.2. The lowest BCUT2D eigenvalue weighted by Gasteiger charge is -1.93. The first-order valence-electron chi connectivity index (χ1n) is 3.48. The number of nitro benzene ring substituents is 2. The summed E-state index contributed by atoms with van der Waals surface area (Å²) < 4.78 is 0. The van der Waals surface area contributed by atoms with Crippen molar-refractivity contribution in [3.8, 4) is 5.75 Å². The van der Waals surface area contributed by atoms with Crippen LogP contribution in [0.15, 0.2) is 12.1 Å². The van der Waals surface area contributed by atoms with Crippen molar-refractivity contribution >= 4 is 17.1 Å². The first-order valence-corrected chi connectivity index (χ1v) is 3.48. The maximum Gasteiger partial charge on any atom is 0.440 e. The van der Waals surface area contributed by atoms with Gasteiger partial charge in [-0.25, -0.2) is 0 Å². The number of nitro groups is 2. The Labute approximate surface area is 81.5 Å². The third kappa shape index (κ3) is 1.78. The van der Waals surface area contributed by atoms with Crippen LogP contribution in [0.1, 0.15) is 0 Å². The maximum absolute atomic E-state index is 10.4. The van der Waals surface area contributed by atoms with Gasteiger partial charge in [0.1, 0.15) is 6.07 Å². The summed E-state index contributed by atoms with van der Waals surface area (Å²) in [6.07, 6.45) is 0. The summed E-state index contributed by atoms with van der Waals surface area (Å²) in [5.41, 5.74) is -2.17. The molecular formula is C6H3N4O5+. The van der Waals surface area contributed by atoms with Gasteiger partial charge in [0.05, 0.1) is 15.9 Å². The number of benzene rings is 1. The molecular weight excluding hydrogens is 208 g/mol.